The molecule has 0 fully saturated rings. The van der Waals surface area contributed by atoms with Crippen LogP contribution in [-0.4, -0.2) is 35.6 Å². The average molecular weight is 328 g/mol. The minimum absolute atomic E-state index is 0.0442. The van der Waals surface area contributed by atoms with Gasteiger partial charge in [-0.15, -0.1) is 0 Å². The van der Waals surface area contributed by atoms with Crippen LogP contribution < -0.4 is 10.6 Å². The molecule has 2 unspecified atom stereocenters. The zero-order valence-corrected chi connectivity index (χ0v) is 13.1. The number of carbonyl (C=O) groups is 2. The Morgan fingerprint density at radius 3 is 2.25 bits per heavy atom. The van der Waals surface area contributed by atoms with Crippen LogP contribution in [0.1, 0.15) is 23.2 Å². The van der Waals surface area contributed by atoms with Gasteiger partial charge in [-0.1, -0.05) is 48.5 Å². The standard InChI is InChI=1S/C18H20N2O4/c21-12-15(14-8-4-5-9-16(14)22)19-10-11-20-17(18(23)24)13-6-2-1-3-7-13/h1-9,12,15,17,19-20,22H,10-11H2,(H,23,24). The van der Waals surface area contributed by atoms with Crippen LogP contribution in [0.15, 0.2) is 54.6 Å². The van der Waals surface area contributed by atoms with E-state index in [9.17, 15) is 19.8 Å². The number of aldehydes is 1. The molecule has 2 aromatic carbocycles. The quantitative estimate of drug-likeness (QED) is 0.413. The van der Waals surface area contributed by atoms with Gasteiger partial charge in [-0.05, 0) is 11.6 Å². The molecule has 2 rings (SSSR count). The molecule has 4 N–H and O–H groups in total. The first-order valence-corrected chi connectivity index (χ1v) is 7.61. The van der Waals surface area contributed by atoms with Crippen molar-refractivity contribution in [3.63, 3.8) is 0 Å². The average Bonchev–Trinajstić information content (AvgIpc) is 2.59. The van der Waals surface area contributed by atoms with Gasteiger partial charge in [0.05, 0.1) is 6.04 Å². The van der Waals surface area contributed by atoms with Crippen LogP contribution in [-0.2, 0) is 9.59 Å². The van der Waals surface area contributed by atoms with E-state index in [-0.39, 0.29) is 5.75 Å². The lowest BCUT2D eigenvalue weighted by Gasteiger charge is -2.17. The minimum Gasteiger partial charge on any atom is -0.508 e. The van der Waals surface area contributed by atoms with Crippen molar-refractivity contribution in [3.05, 3.63) is 65.7 Å². The van der Waals surface area contributed by atoms with Gasteiger partial charge in [0.2, 0.25) is 0 Å². The molecule has 0 amide bonds. The van der Waals surface area contributed by atoms with E-state index in [0.29, 0.717) is 30.5 Å². The summed E-state index contributed by atoms with van der Waals surface area (Å²) in [5.74, 6) is -0.920. The van der Waals surface area contributed by atoms with Crippen LogP contribution in [0.2, 0.25) is 0 Å². The number of rotatable bonds is 9. The zero-order chi connectivity index (χ0) is 17.4. The van der Waals surface area contributed by atoms with E-state index in [4.69, 9.17) is 0 Å². The number of phenols is 1. The number of para-hydroxylation sites is 1. The topological polar surface area (TPSA) is 98.7 Å². The lowest BCUT2D eigenvalue weighted by Crippen LogP contribution is -2.35. The Kier molecular flexibility index (Phi) is 6.48. The maximum absolute atomic E-state index is 11.4. The summed E-state index contributed by atoms with van der Waals surface area (Å²) in [6.45, 7) is 0.720. The largest absolute Gasteiger partial charge is 0.508 e. The summed E-state index contributed by atoms with van der Waals surface area (Å²) in [6.07, 6.45) is 0.709. The number of carboxylic acids is 1. The number of phenolic OH excluding ortho intramolecular Hbond substituents is 1. The summed E-state index contributed by atoms with van der Waals surface area (Å²) in [4.78, 5) is 22.6. The molecule has 0 spiro atoms. The number of aliphatic carboxylic acids is 1. The number of benzene rings is 2. The summed E-state index contributed by atoms with van der Waals surface area (Å²) in [7, 11) is 0. The van der Waals surface area contributed by atoms with Crippen LogP contribution in [0.25, 0.3) is 0 Å². The highest BCUT2D eigenvalue weighted by Gasteiger charge is 2.19. The molecule has 0 saturated carbocycles. The Bertz CT molecular complexity index is 676. The molecule has 0 bridgehead atoms. The van der Waals surface area contributed by atoms with Crippen molar-refractivity contribution >= 4 is 12.3 Å². The molecule has 6 nitrogen and oxygen atoms in total. The second-order valence-electron chi connectivity index (χ2n) is 5.26. The van der Waals surface area contributed by atoms with Gasteiger partial charge in [0.15, 0.2) is 0 Å². The second-order valence-corrected chi connectivity index (χ2v) is 5.26. The third-order valence-corrected chi connectivity index (χ3v) is 3.63. The predicted octanol–water partition coefficient (Wildman–Crippen LogP) is 1.64. The molecule has 2 atom stereocenters. The van der Waals surface area contributed by atoms with E-state index in [1.54, 1.807) is 42.5 Å². The van der Waals surface area contributed by atoms with Gasteiger partial charge in [0, 0.05) is 18.7 Å². The normalized spacial score (nSPS) is 13.2. The smallest absolute Gasteiger partial charge is 0.325 e. The van der Waals surface area contributed by atoms with E-state index in [2.05, 4.69) is 10.6 Å². The van der Waals surface area contributed by atoms with Crippen molar-refractivity contribution in [3.8, 4) is 5.75 Å². The Hall–Kier alpha value is -2.70. The van der Waals surface area contributed by atoms with Gasteiger partial charge < -0.3 is 20.3 Å². The van der Waals surface area contributed by atoms with Gasteiger partial charge in [-0.2, -0.15) is 0 Å². The number of nitrogens with one attached hydrogen (secondary N) is 2. The number of hydrogen-bond donors (Lipinski definition) is 4. The fraction of sp³-hybridized carbons (Fsp3) is 0.222. The van der Waals surface area contributed by atoms with E-state index >= 15 is 0 Å². The fourth-order valence-electron chi connectivity index (χ4n) is 2.42. The van der Waals surface area contributed by atoms with Crippen molar-refractivity contribution in [1.29, 1.82) is 0 Å². The summed E-state index contributed by atoms with van der Waals surface area (Å²) < 4.78 is 0. The summed E-state index contributed by atoms with van der Waals surface area (Å²) >= 11 is 0. The fourth-order valence-corrected chi connectivity index (χ4v) is 2.42. The maximum Gasteiger partial charge on any atom is 0.325 e. The molecule has 0 radical (unpaired) electrons. The van der Waals surface area contributed by atoms with E-state index < -0.39 is 18.1 Å². The molecule has 0 aliphatic heterocycles. The van der Waals surface area contributed by atoms with Crippen LogP contribution in [0.4, 0.5) is 0 Å². The van der Waals surface area contributed by atoms with Crippen LogP contribution in [0, 0.1) is 0 Å². The SMILES string of the molecule is O=CC(NCCNC(C(=O)O)c1ccccc1)c1ccccc1O. The van der Waals surface area contributed by atoms with Crippen molar-refractivity contribution in [2.75, 3.05) is 13.1 Å². The Morgan fingerprint density at radius 1 is 1.00 bits per heavy atom. The zero-order valence-electron chi connectivity index (χ0n) is 13.1. The Morgan fingerprint density at radius 2 is 1.62 bits per heavy atom. The highest BCUT2D eigenvalue weighted by atomic mass is 16.4. The van der Waals surface area contributed by atoms with Gasteiger partial charge in [0.1, 0.15) is 18.1 Å². The first-order valence-electron chi connectivity index (χ1n) is 7.61. The lowest BCUT2D eigenvalue weighted by molar-refractivity contribution is -0.139. The molecule has 0 aliphatic rings. The molecule has 0 saturated heterocycles. The molecule has 126 valence electrons. The number of carbonyl (C=O) groups excluding carboxylic acids is 1. The molecule has 0 aliphatic carbocycles. The van der Waals surface area contributed by atoms with Crippen LogP contribution >= 0.6 is 0 Å². The summed E-state index contributed by atoms with van der Waals surface area (Å²) in [5.41, 5.74) is 1.16. The molecule has 2 aromatic rings. The molecule has 0 aromatic heterocycles. The minimum atomic E-state index is -0.964. The van der Waals surface area contributed by atoms with E-state index in [0.717, 1.165) is 0 Å². The van der Waals surface area contributed by atoms with Gasteiger partial charge in [0.25, 0.3) is 0 Å². The van der Waals surface area contributed by atoms with Gasteiger partial charge in [-0.3, -0.25) is 10.1 Å². The number of carboxylic acid groups (broad SMARTS) is 1. The summed E-state index contributed by atoms with van der Waals surface area (Å²) in [6, 6.07) is 14.0. The molecular formula is C18H20N2O4. The third kappa shape index (κ3) is 4.65. The van der Waals surface area contributed by atoms with Gasteiger partial charge >= 0.3 is 5.97 Å². The Labute approximate surface area is 140 Å². The van der Waals surface area contributed by atoms with Crippen LogP contribution in [0.5, 0.6) is 5.75 Å². The number of aromatic hydroxyl groups is 1. The monoisotopic (exact) mass is 328 g/mol. The van der Waals surface area contributed by atoms with Gasteiger partial charge in [-0.25, -0.2) is 0 Å². The van der Waals surface area contributed by atoms with Crippen molar-refractivity contribution in [2.24, 2.45) is 0 Å². The highest BCUT2D eigenvalue weighted by molar-refractivity contribution is 5.75. The molecule has 24 heavy (non-hydrogen) atoms. The number of hydrogen-bond acceptors (Lipinski definition) is 5. The van der Waals surface area contributed by atoms with Crippen LogP contribution in [0.3, 0.4) is 0 Å². The van der Waals surface area contributed by atoms with E-state index in [1.165, 1.54) is 6.07 Å². The highest BCUT2D eigenvalue weighted by Crippen LogP contribution is 2.22. The maximum atomic E-state index is 11.4. The predicted molar refractivity (Wildman–Crippen MR) is 89.7 cm³/mol. The lowest BCUT2D eigenvalue weighted by atomic mass is 10.1. The van der Waals surface area contributed by atoms with Crippen molar-refractivity contribution in [2.45, 2.75) is 12.1 Å². The molecule has 0 heterocycles. The third-order valence-electron chi connectivity index (χ3n) is 3.63. The first-order chi connectivity index (χ1) is 11.6. The van der Waals surface area contributed by atoms with Crippen molar-refractivity contribution in [1.82, 2.24) is 10.6 Å². The Balaban J connectivity index is 1.90. The van der Waals surface area contributed by atoms with Crippen molar-refractivity contribution < 1.29 is 19.8 Å². The first kappa shape index (κ1) is 17.7. The molecule has 6 heteroatoms. The second kappa shape index (κ2) is 8.81. The summed E-state index contributed by atoms with van der Waals surface area (Å²) in [5, 5.41) is 25.0. The van der Waals surface area contributed by atoms with E-state index in [1.807, 2.05) is 6.07 Å². The molecular weight excluding hydrogens is 308 g/mol.